The molecule has 2 aromatic rings. The van der Waals surface area contributed by atoms with Crippen LogP contribution >= 0.6 is 0 Å². The topological polar surface area (TPSA) is 52.6 Å². The number of methoxy groups -OCH3 is 1. The fourth-order valence-corrected chi connectivity index (χ4v) is 4.41. The predicted molar refractivity (Wildman–Crippen MR) is 100 cm³/mol. The van der Waals surface area contributed by atoms with Crippen LogP contribution < -0.4 is 4.74 Å². The van der Waals surface area contributed by atoms with E-state index in [2.05, 4.69) is 6.07 Å². The standard InChI is InChI=1S/C22H22O4/c1-4-26-21(24)18-12-19(23)22(2)10-9-16-15-8-6-14(25-3)11-13(15)5-7-17(16)20(18)22/h5-8,11H,4,9-10,12H2,1-3H3/t22-/m0/s1. The summed E-state index contributed by atoms with van der Waals surface area (Å²) in [5.74, 6) is 0.582. The Morgan fingerprint density at radius 2 is 2.04 bits per heavy atom. The Balaban J connectivity index is 1.96. The molecule has 0 aliphatic heterocycles. The highest BCUT2D eigenvalue weighted by atomic mass is 16.5. The van der Waals surface area contributed by atoms with Gasteiger partial charge in [-0.2, -0.15) is 0 Å². The maximum atomic E-state index is 12.7. The van der Waals surface area contributed by atoms with Crippen LogP contribution in [-0.2, 0) is 20.7 Å². The number of hydrogen-bond donors (Lipinski definition) is 0. The van der Waals surface area contributed by atoms with Crippen molar-refractivity contribution < 1.29 is 19.1 Å². The molecule has 2 aliphatic carbocycles. The van der Waals surface area contributed by atoms with Gasteiger partial charge in [-0.1, -0.05) is 18.2 Å². The van der Waals surface area contributed by atoms with Gasteiger partial charge in [0.25, 0.3) is 0 Å². The molecule has 0 radical (unpaired) electrons. The third-order valence-corrected chi connectivity index (χ3v) is 5.81. The molecule has 4 heteroatoms. The van der Waals surface area contributed by atoms with Crippen LogP contribution in [0, 0.1) is 5.41 Å². The number of allylic oxidation sites excluding steroid dienone is 1. The van der Waals surface area contributed by atoms with E-state index in [4.69, 9.17) is 9.47 Å². The van der Waals surface area contributed by atoms with Crippen molar-refractivity contribution in [2.75, 3.05) is 13.7 Å². The van der Waals surface area contributed by atoms with Crippen LogP contribution in [0.25, 0.3) is 16.3 Å². The first-order chi connectivity index (χ1) is 12.5. The second-order valence-corrected chi connectivity index (χ2v) is 7.18. The Labute approximate surface area is 152 Å². The van der Waals surface area contributed by atoms with Crippen LogP contribution in [0.15, 0.2) is 35.9 Å². The van der Waals surface area contributed by atoms with Crippen LogP contribution in [0.2, 0.25) is 0 Å². The molecule has 134 valence electrons. The number of rotatable bonds is 3. The number of carbonyl (C=O) groups excluding carboxylic acids is 2. The van der Waals surface area contributed by atoms with Gasteiger partial charge in [-0.25, -0.2) is 4.79 Å². The molecule has 0 unspecified atom stereocenters. The molecule has 4 rings (SSSR count). The molecule has 0 saturated carbocycles. The molecule has 0 fully saturated rings. The summed E-state index contributed by atoms with van der Waals surface area (Å²) in [6.07, 6.45) is 1.72. The molecular formula is C22H22O4. The molecule has 4 nitrogen and oxygen atoms in total. The summed E-state index contributed by atoms with van der Waals surface area (Å²) in [4.78, 5) is 25.2. The lowest BCUT2D eigenvalue weighted by Gasteiger charge is -2.34. The zero-order valence-corrected chi connectivity index (χ0v) is 15.3. The van der Waals surface area contributed by atoms with Gasteiger partial charge in [-0.15, -0.1) is 0 Å². The third-order valence-electron chi connectivity index (χ3n) is 5.81. The Bertz CT molecular complexity index is 970. The molecule has 0 bridgehead atoms. The molecule has 2 aliphatic rings. The number of hydrogen-bond acceptors (Lipinski definition) is 4. The van der Waals surface area contributed by atoms with E-state index in [0.717, 1.165) is 40.5 Å². The summed E-state index contributed by atoms with van der Waals surface area (Å²) in [6, 6.07) is 10.1. The lowest BCUT2D eigenvalue weighted by atomic mass is 9.68. The lowest BCUT2D eigenvalue weighted by Crippen LogP contribution is -2.29. The highest BCUT2D eigenvalue weighted by Crippen LogP contribution is 2.54. The smallest absolute Gasteiger partial charge is 0.334 e. The zero-order valence-electron chi connectivity index (χ0n) is 15.3. The fraction of sp³-hybridized carbons (Fsp3) is 0.364. The van der Waals surface area contributed by atoms with Gasteiger partial charge < -0.3 is 9.47 Å². The van der Waals surface area contributed by atoms with E-state index in [1.165, 1.54) is 5.56 Å². The largest absolute Gasteiger partial charge is 0.497 e. The van der Waals surface area contributed by atoms with Gasteiger partial charge in [0.2, 0.25) is 0 Å². The molecule has 0 spiro atoms. The predicted octanol–water partition coefficient (Wildman–Crippen LogP) is 4.09. The second kappa shape index (κ2) is 5.97. The first kappa shape index (κ1) is 16.8. The summed E-state index contributed by atoms with van der Waals surface area (Å²) < 4.78 is 10.6. The first-order valence-corrected chi connectivity index (χ1v) is 9.03. The van der Waals surface area contributed by atoms with E-state index in [9.17, 15) is 9.59 Å². The average molecular weight is 350 g/mol. The van der Waals surface area contributed by atoms with Gasteiger partial charge >= 0.3 is 5.97 Å². The Morgan fingerprint density at radius 1 is 1.23 bits per heavy atom. The van der Waals surface area contributed by atoms with Crippen LogP contribution in [0.3, 0.4) is 0 Å². The Hall–Kier alpha value is -2.62. The maximum absolute atomic E-state index is 12.7. The summed E-state index contributed by atoms with van der Waals surface area (Å²) in [7, 11) is 1.66. The van der Waals surface area contributed by atoms with Crippen molar-refractivity contribution in [3.63, 3.8) is 0 Å². The number of ketones is 1. The SMILES string of the molecule is CCOC(=O)C1=C2c3ccc4cc(OC)ccc4c3CC[C@@]2(C)C(=O)C1. The van der Waals surface area contributed by atoms with Crippen molar-refractivity contribution in [3.05, 3.63) is 47.0 Å². The number of carbonyl (C=O) groups is 2. The van der Waals surface area contributed by atoms with Crippen LogP contribution in [0.5, 0.6) is 5.75 Å². The van der Waals surface area contributed by atoms with Crippen molar-refractivity contribution in [1.29, 1.82) is 0 Å². The molecule has 0 saturated heterocycles. The molecule has 0 amide bonds. The monoisotopic (exact) mass is 350 g/mol. The minimum Gasteiger partial charge on any atom is -0.497 e. The van der Waals surface area contributed by atoms with Gasteiger partial charge in [-0.3, -0.25) is 4.79 Å². The average Bonchev–Trinajstić information content (AvgIpc) is 2.92. The zero-order chi connectivity index (χ0) is 18.5. The fourth-order valence-electron chi connectivity index (χ4n) is 4.41. The van der Waals surface area contributed by atoms with Gasteiger partial charge in [0.15, 0.2) is 0 Å². The lowest BCUT2D eigenvalue weighted by molar-refractivity contribution is -0.139. The Morgan fingerprint density at radius 3 is 2.77 bits per heavy atom. The number of benzene rings is 2. The van der Waals surface area contributed by atoms with Crippen molar-refractivity contribution >= 4 is 28.1 Å². The van der Waals surface area contributed by atoms with Crippen LogP contribution in [0.1, 0.15) is 37.8 Å². The van der Waals surface area contributed by atoms with Gasteiger partial charge in [0.1, 0.15) is 11.5 Å². The normalized spacial score (nSPS) is 21.6. The minimum absolute atomic E-state index is 0.121. The van der Waals surface area contributed by atoms with Crippen molar-refractivity contribution in [1.82, 2.24) is 0 Å². The summed E-state index contributed by atoms with van der Waals surface area (Å²) in [5.41, 5.74) is 3.04. The Kier molecular flexibility index (Phi) is 3.87. The molecule has 1 atom stereocenters. The quantitative estimate of drug-likeness (QED) is 0.783. The van der Waals surface area contributed by atoms with Crippen molar-refractivity contribution in [2.45, 2.75) is 33.1 Å². The van der Waals surface area contributed by atoms with Crippen LogP contribution in [-0.4, -0.2) is 25.5 Å². The van der Waals surface area contributed by atoms with Gasteiger partial charge in [0, 0.05) is 12.0 Å². The highest BCUT2D eigenvalue weighted by Gasteiger charge is 2.49. The molecule has 2 aromatic carbocycles. The van der Waals surface area contributed by atoms with Crippen LogP contribution in [0.4, 0.5) is 0 Å². The summed E-state index contributed by atoms with van der Waals surface area (Å²) >= 11 is 0. The summed E-state index contributed by atoms with van der Waals surface area (Å²) in [5, 5.41) is 2.26. The van der Waals surface area contributed by atoms with E-state index in [0.29, 0.717) is 12.2 Å². The number of ether oxygens (including phenoxy) is 2. The van der Waals surface area contributed by atoms with E-state index in [-0.39, 0.29) is 18.2 Å². The maximum Gasteiger partial charge on any atom is 0.334 e. The molecular weight excluding hydrogens is 328 g/mol. The van der Waals surface area contributed by atoms with E-state index < -0.39 is 5.41 Å². The van der Waals surface area contributed by atoms with E-state index in [1.807, 2.05) is 31.2 Å². The molecule has 26 heavy (non-hydrogen) atoms. The number of esters is 1. The number of fused-ring (bicyclic) bond motifs is 5. The van der Waals surface area contributed by atoms with E-state index >= 15 is 0 Å². The summed E-state index contributed by atoms with van der Waals surface area (Å²) in [6.45, 7) is 4.07. The van der Waals surface area contributed by atoms with Crippen molar-refractivity contribution in [2.24, 2.45) is 5.41 Å². The molecule has 0 heterocycles. The minimum atomic E-state index is -0.588. The first-order valence-electron chi connectivity index (χ1n) is 9.03. The van der Waals surface area contributed by atoms with Gasteiger partial charge in [-0.05, 0) is 66.3 Å². The van der Waals surface area contributed by atoms with Crippen molar-refractivity contribution in [3.8, 4) is 5.75 Å². The molecule has 0 N–H and O–H groups in total. The molecule has 0 aromatic heterocycles. The van der Waals surface area contributed by atoms with Gasteiger partial charge in [0.05, 0.1) is 19.1 Å². The van der Waals surface area contributed by atoms with E-state index in [1.54, 1.807) is 14.0 Å². The third kappa shape index (κ3) is 2.28. The number of Topliss-reactive ketones (excluding diaryl/α,β-unsaturated/α-hetero) is 1. The highest BCUT2D eigenvalue weighted by molar-refractivity contribution is 6.16. The second-order valence-electron chi connectivity index (χ2n) is 7.18. The number of aryl methyl sites for hydroxylation is 1.